The molecule has 2 unspecified atom stereocenters. The van der Waals surface area contributed by atoms with Crippen LogP contribution in [-0.4, -0.2) is 0 Å². The first-order chi connectivity index (χ1) is 8.58. The molecule has 106 valence electrons. The van der Waals surface area contributed by atoms with Crippen molar-refractivity contribution in [2.45, 2.75) is 79.1 Å². The first kappa shape index (κ1) is 14.4. The van der Waals surface area contributed by atoms with E-state index in [0.29, 0.717) is 0 Å². The van der Waals surface area contributed by atoms with E-state index in [4.69, 9.17) is 0 Å². The van der Waals surface area contributed by atoms with Crippen LogP contribution >= 0.6 is 0 Å². The zero-order chi connectivity index (χ0) is 13.1. The summed E-state index contributed by atoms with van der Waals surface area (Å²) in [4.78, 5) is 0. The summed E-state index contributed by atoms with van der Waals surface area (Å²) in [5.74, 6) is 5.98. The van der Waals surface area contributed by atoms with Gasteiger partial charge in [0.15, 0.2) is 0 Å². The first-order valence-corrected chi connectivity index (χ1v) is 8.58. The Morgan fingerprint density at radius 3 is 1.56 bits per heavy atom. The molecule has 0 aromatic heterocycles. The van der Waals surface area contributed by atoms with Gasteiger partial charge in [-0.15, -0.1) is 0 Å². The van der Waals surface area contributed by atoms with Gasteiger partial charge in [0.05, 0.1) is 0 Å². The second-order valence-electron chi connectivity index (χ2n) is 7.87. The van der Waals surface area contributed by atoms with E-state index >= 15 is 0 Å². The van der Waals surface area contributed by atoms with E-state index in [1.807, 2.05) is 0 Å². The fourth-order valence-electron chi connectivity index (χ4n) is 4.53. The van der Waals surface area contributed by atoms with Crippen molar-refractivity contribution in [3.63, 3.8) is 0 Å². The zero-order valence-corrected chi connectivity index (χ0v) is 13.1. The summed E-state index contributed by atoms with van der Waals surface area (Å²) in [5, 5.41) is 0. The Morgan fingerprint density at radius 1 is 0.611 bits per heavy atom. The average molecular weight is 250 g/mol. The quantitative estimate of drug-likeness (QED) is 0.584. The molecule has 0 heterocycles. The highest BCUT2D eigenvalue weighted by Crippen LogP contribution is 2.46. The van der Waals surface area contributed by atoms with Crippen molar-refractivity contribution in [2.75, 3.05) is 0 Å². The third kappa shape index (κ3) is 3.52. The van der Waals surface area contributed by atoms with Crippen LogP contribution in [0.3, 0.4) is 0 Å². The predicted octanol–water partition coefficient (Wildman–Crippen LogP) is 5.91. The molecule has 0 N–H and O–H groups in total. The molecule has 0 aromatic rings. The van der Waals surface area contributed by atoms with Gasteiger partial charge in [0.2, 0.25) is 0 Å². The molecule has 2 fully saturated rings. The Hall–Kier alpha value is 0. The van der Waals surface area contributed by atoms with Crippen molar-refractivity contribution < 1.29 is 0 Å². The van der Waals surface area contributed by atoms with Crippen molar-refractivity contribution in [3.8, 4) is 0 Å². The molecule has 0 amide bonds. The Morgan fingerprint density at radius 2 is 1.11 bits per heavy atom. The van der Waals surface area contributed by atoms with Crippen LogP contribution < -0.4 is 0 Å². The second-order valence-corrected chi connectivity index (χ2v) is 7.87. The van der Waals surface area contributed by atoms with E-state index in [1.54, 1.807) is 25.7 Å². The summed E-state index contributed by atoms with van der Waals surface area (Å²) < 4.78 is 0. The van der Waals surface area contributed by atoms with E-state index in [9.17, 15) is 0 Å². The van der Waals surface area contributed by atoms with Gasteiger partial charge in [-0.2, -0.15) is 0 Å². The van der Waals surface area contributed by atoms with Gasteiger partial charge in [0, 0.05) is 0 Å². The third-order valence-corrected chi connectivity index (χ3v) is 6.02. The van der Waals surface area contributed by atoms with Gasteiger partial charge in [-0.3, -0.25) is 0 Å². The maximum absolute atomic E-state index is 2.45. The SMILES string of the molecule is CC(C)C1CC(C(C)C)CC(C2CCCCC2)C1. The van der Waals surface area contributed by atoms with Crippen LogP contribution in [0.15, 0.2) is 0 Å². The van der Waals surface area contributed by atoms with Crippen molar-refractivity contribution in [1.29, 1.82) is 0 Å². The maximum Gasteiger partial charge on any atom is -0.0380 e. The molecule has 2 aliphatic rings. The highest BCUT2D eigenvalue weighted by molar-refractivity contribution is 4.86. The smallest absolute Gasteiger partial charge is 0.0380 e. The molecular weight excluding hydrogens is 216 g/mol. The minimum absolute atomic E-state index is 0.901. The lowest BCUT2D eigenvalue weighted by atomic mass is 9.63. The number of hydrogen-bond donors (Lipinski definition) is 0. The van der Waals surface area contributed by atoms with Crippen molar-refractivity contribution >= 4 is 0 Å². The molecule has 0 bridgehead atoms. The average Bonchev–Trinajstić information content (AvgIpc) is 2.39. The van der Waals surface area contributed by atoms with Crippen molar-refractivity contribution in [2.24, 2.45) is 35.5 Å². The van der Waals surface area contributed by atoms with Crippen LogP contribution in [0.2, 0.25) is 0 Å². The third-order valence-electron chi connectivity index (χ3n) is 6.02. The van der Waals surface area contributed by atoms with Crippen molar-refractivity contribution in [1.82, 2.24) is 0 Å². The van der Waals surface area contributed by atoms with Gasteiger partial charge in [0.1, 0.15) is 0 Å². The first-order valence-electron chi connectivity index (χ1n) is 8.58. The Kier molecular flexibility index (Phi) is 5.15. The van der Waals surface area contributed by atoms with E-state index in [0.717, 1.165) is 35.5 Å². The number of rotatable bonds is 3. The van der Waals surface area contributed by atoms with Crippen LogP contribution in [0.25, 0.3) is 0 Å². The van der Waals surface area contributed by atoms with E-state index in [1.165, 1.54) is 25.7 Å². The molecule has 0 radical (unpaired) electrons. The van der Waals surface area contributed by atoms with Gasteiger partial charge in [-0.25, -0.2) is 0 Å². The summed E-state index contributed by atoms with van der Waals surface area (Å²) in [6.07, 6.45) is 12.2. The lowest BCUT2D eigenvalue weighted by Crippen LogP contribution is -2.33. The summed E-state index contributed by atoms with van der Waals surface area (Å²) in [5.41, 5.74) is 0. The van der Waals surface area contributed by atoms with Crippen LogP contribution in [0.1, 0.15) is 79.1 Å². The monoisotopic (exact) mass is 250 g/mol. The van der Waals surface area contributed by atoms with E-state index in [2.05, 4.69) is 27.7 Å². The van der Waals surface area contributed by atoms with Crippen LogP contribution in [-0.2, 0) is 0 Å². The molecule has 0 heteroatoms. The van der Waals surface area contributed by atoms with Gasteiger partial charge >= 0.3 is 0 Å². The minimum Gasteiger partial charge on any atom is -0.0625 e. The summed E-state index contributed by atoms with van der Waals surface area (Å²) in [6.45, 7) is 9.80. The lowest BCUT2D eigenvalue weighted by Gasteiger charge is -2.43. The minimum atomic E-state index is 0.901. The summed E-state index contributed by atoms with van der Waals surface area (Å²) in [7, 11) is 0. The van der Waals surface area contributed by atoms with Gasteiger partial charge < -0.3 is 0 Å². The summed E-state index contributed by atoms with van der Waals surface area (Å²) >= 11 is 0. The molecule has 2 atom stereocenters. The molecule has 0 aromatic carbocycles. The molecular formula is C18H34. The van der Waals surface area contributed by atoms with Gasteiger partial charge in [0.25, 0.3) is 0 Å². The van der Waals surface area contributed by atoms with Gasteiger partial charge in [-0.05, 0) is 54.8 Å². The highest BCUT2D eigenvalue weighted by Gasteiger charge is 2.35. The molecule has 0 spiro atoms. The zero-order valence-electron chi connectivity index (χ0n) is 13.1. The van der Waals surface area contributed by atoms with Crippen molar-refractivity contribution in [3.05, 3.63) is 0 Å². The Bertz CT molecular complexity index is 218. The molecule has 0 nitrogen and oxygen atoms in total. The summed E-state index contributed by atoms with van der Waals surface area (Å²) in [6, 6.07) is 0. The fourth-order valence-corrected chi connectivity index (χ4v) is 4.53. The molecule has 2 aliphatic carbocycles. The standard InChI is InChI=1S/C18H34/c1-13(2)16-10-17(14(3)4)12-18(11-16)15-8-6-5-7-9-15/h13-18H,5-12H2,1-4H3. The molecule has 2 saturated carbocycles. The van der Waals surface area contributed by atoms with Crippen LogP contribution in [0, 0.1) is 35.5 Å². The van der Waals surface area contributed by atoms with Gasteiger partial charge in [-0.1, -0.05) is 59.8 Å². The second kappa shape index (κ2) is 6.44. The van der Waals surface area contributed by atoms with Crippen LogP contribution in [0.4, 0.5) is 0 Å². The Balaban J connectivity index is 1.99. The Labute approximate surface area is 115 Å². The normalized spacial score (nSPS) is 35.3. The largest absolute Gasteiger partial charge is 0.0625 e. The highest BCUT2D eigenvalue weighted by atomic mass is 14.4. The molecule has 0 saturated heterocycles. The van der Waals surface area contributed by atoms with E-state index in [-0.39, 0.29) is 0 Å². The van der Waals surface area contributed by atoms with Crippen LogP contribution in [0.5, 0.6) is 0 Å². The molecule has 0 aliphatic heterocycles. The number of hydrogen-bond acceptors (Lipinski definition) is 0. The molecule has 2 rings (SSSR count). The molecule has 18 heavy (non-hydrogen) atoms. The topological polar surface area (TPSA) is 0 Å². The fraction of sp³-hybridized carbons (Fsp3) is 1.00. The lowest BCUT2D eigenvalue weighted by molar-refractivity contribution is 0.0785. The van der Waals surface area contributed by atoms with E-state index < -0.39 is 0 Å². The predicted molar refractivity (Wildman–Crippen MR) is 80.6 cm³/mol. The maximum atomic E-state index is 2.45.